The SMILES string of the molecule is CCOC(C)(CC)c1nc2c(c(C(C)C)n1)CNCC2. The van der Waals surface area contributed by atoms with Crippen LogP contribution in [0.4, 0.5) is 0 Å². The zero-order chi connectivity index (χ0) is 14.8. The number of rotatable bonds is 5. The maximum atomic E-state index is 5.95. The van der Waals surface area contributed by atoms with Crippen molar-refractivity contribution in [2.24, 2.45) is 0 Å². The van der Waals surface area contributed by atoms with Gasteiger partial charge in [-0.25, -0.2) is 9.97 Å². The molecule has 0 saturated heterocycles. The Hall–Kier alpha value is -1.00. The minimum atomic E-state index is -0.377. The molecule has 0 fully saturated rings. The zero-order valence-corrected chi connectivity index (χ0v) is 13.4. The highest BCUT2D eigenvalue weighted by Crippen LogP contribution is 2.30. The van der Waals surface area contributed by atoms with Crippen LogP contribution >= 0.6 is 0 Å². The van der Waals surface area contributed by atoms with Gasteiger partial charge in [0, 0.05) is 31.7 Å². The standard InChI is InChI=1S/C16H27N3O/c1-6-16(5,20-7-2)15-18-13-8-9-17-10-12(13)14(19-15)11(3)4/h11,17H,6-10H2,1-5H3. The Balaban J connectivity index is 2.52. The van der Waals surface area contributed by atoms with Crippen molar-refractivity contribution in [2.75, 3.05) is 13.2 Å². The summed E-state index contributed by atoms with van der Waals surface area (Å²) in [6.45, 7) is 13.2. The summed E-state index contributed by atoms with van der Waals surface area (Å²) in [5.41, 5.74) is 3.30. The molecule has 1 unspecified atom stereocenters. The first-order chi connectivity index (χ1) is 9.51. The number of aromatic nitrogens is 2. The molecule has 112 valence electrons. The van der Waals surface area contributed by atoms with Crippen LogP contribution in [0.2, 0.25) is 0 Å². The minimum Gasteiger partial charge on any atom is -0.368 e. The Bertz CT molecular complexity index is 473. The number of fused-ring (bicyclic) bond motifs is 1. The van der Waals surface area contributed by atoms with Gasteiger partial charge < -0.3 is 10.1 Å². The minimum absolute atomic E-state index is 0.377. The first-order valence-corrected chi connectivity index (χ1v) is 7.76. The topological polar surface area (TPSA) is 47.0 Å². The summed E-state index contributed by atoms with van der Waals surface area (Å²) in [5, 5.41) is 3.42. The molecule has 1 atom stereocenters. The molecule has 0 bridgehead atoms. The second-order valence-corrected chi connectivity index (χ2v) is 5.96. The molecule has 4 heteroatoms. The van der Waals surface area contributed by atoms with Gasteiger partial charge in [0.15, 0.2) is 5.82 Å². The van der Waals surface area contributed by atoms with Crippen LogP contribution < -0.4 is 5.32 Å². The average molecular weight is 277 g/mol. The van der Waals surface area contributed by atoms with Crippen LogP contribution in [0.1, 0.15) is 69.7 Å². The van der Waals surface area contributed by atoms with E-state index in [0.29, 0.717) is 12.5 Å². The fourth-order valence-corrected chi connectivity index (χ4v) is 2.73. The van der Waals surface area contributed by atoms with E-state index in [1.807, 2.05) is 6.92 Å². The molecule has 0 amide bonds. The molecule has 1 aliphatic rings. The van der Waals surface area contributed by atoms with E-state index in [9.17, 15) is 0 Å². The summed E-state index contributed by atoms with van der Waals surface area (Å²) >= 11 is 0. The van der Waals surface area contributed by atoms with Crippen molar-refractivity contribution in [2.45, 2.75) is 65.5 Å². The Morgan fingerprint density at radius 1 is 1.30 bits per heavy atom. The number of ether oxygens (including phenoxy) is 1. The van der Waals surface area contributed by atoms with Gasteiger partial charge in [-0.15, -0.1) is 0 Å². The fourth-order valence-electron chi connectivity index (χ4n) is 2.73. The summed E-state index contributed by atoms with van der Waals surface area (Å²) < 4.78 is 5.95. The van der Waals surface area contributed by atoms with Crippen molar-refractivity contribution in [3.8, 4) is 0 Å². The average Bonchev–Trinajstić information content (AvgIpc) is 2.46. The lowest BCUT2D eigenvalue weighted by molar-refractivity contribution is -0.0394. The van der Waals surface area contributed by atoms with Crippen LogP contribution in [0.5, 0.6) is 0 Å². The number of hydrogen-bond acceptors (Lipinski definition) is 4. The second-order valence-electron chi connectivity index (χ2n) is 5.96. The molecule has 0 saturated carbocycles. The smallest absolute Gasteiger partial charge is 0.160 e. The largest absolute Gasteiger partial charge is 0.368 e. The lowest BCUT2D eigenvalue weighted by atomic mass is 9.96. The third-order valence-corrected chi connectivity index (χ3v) is 4.12. The third kappa shape index (κ3) is 2.86. The van der Waals surface area contributed by atoms with Gasteiger partial charge in [0.2, 0.25) is 0 Å². The van der Waals surface area contributed by atoms with Crippen LogP contribution in [0.3, 0.4) is 0 Å². The molecule has 0 aliphatic carbocycles. The molecular weight excluding hydrogens is 250 g/mol. The first kappa shape index (κ1) is 15.4. The Labute approximate surface area is 122 Å². The highest BCUT2D eigenvalue weighted by Gasteiger charge is 2.31. The molecule has 4 nitrogen and oxygen atoms in total. The van der Waals surface area contributed by atoms with Gasteiger partial charge in [0.05, 0.1) is 11.4 Å². The van der Waals surface area contributed by atoms with Gasteiger partial charge in [0.25, 0.3) is 0 Å². The van der Waals surface area contributed by atoms with Crippen molar-refractivity contribution in [1.29, 1.82) is 0 Å². The van der Waals surface area contributed by atoms with Crippen LogP contribution in [0.25, 0.3) is 0 Å². The maximum absolute atomic E-state index is 5.95. The summed E-state index contributed by atoms with van der Waals surface area (Å²) in [6.07, 6.45) is 1.87. The molecule has 2 heterocycles. The van der Waals surface area contributed by atoms with Gasteiger partial charge in [0.1, 0.15) is 5.60 Å². The van der Waals surface area contributed by atoms with Crippen molar-refractivity contribution in [3.05, 3.63) is 22.8 Å². The monoisotopic (exact) mass is 277 g/mol. The van der Waals surface area contributed by atoms with E-state index in [1.165, 1.54) is 17.0 Å². The van der Waals surface area contributed by atoms with E-state index in [1.54, 1.807) is 0 Å². The molecule has 0 spiro atoms. The lowest BCUT2D eigenvalue weighted by Gasteiger charge is -2.30. The number of nitrogens with one attached hydrogen (secondary N) is 1. The number of nitrogens with zero attached hydrogens (tertiary/aromatic N) is 2. The molecule has 20 heavy (non-hydrogen) atoms. The zero-order valence-electron chi connectivity index (χ0n) is 13.4. The van der Waals surface area contributed by atoms with E-state index < -0.39 is 0 Å². The fraction of sp³-hybridized carbons (Fsp3) is 0.750. The summed E-state index contributed by atoms with van der Waals surface area (Å²) in [6, 6.07) is 0. The van der Waals surface area contributed by atoms with Crippen LogP contribution in [0, 0.1) is 0 Å². The quantitative estimate of drug-likeness (QED) is 0.899. The van der Waals surface area contributed by atoms with Gasteiger partial charge >= 0.3 is 0 Å². The van der Waals surface area contributed by atoms with Gasteiger partial charge in [-0.05, 0) is 26.2 Å². The molecule has 1 N–H and O–H groups in total. The first-order valence-electron chi connectivity index (χ1n) is 7.76. The predicted octanol–water partition coefficient (Wildman–Crippen LogP) is 2.91. The van der Waals surface area contributed by atoms with Gasteiger partial charge in [-0.1, -0.05) is 20.8 Å². The number of hydrogen-bond donors (Lipinski definition) is 1. The second kappa shape index (κ2) is 6.19. The van der Waals surface area contributed by atoms with Crippen molar-refractivity contribution in [3.63, 3.8) is 0 Å². The Morgan fingerprint density at radius 3 is 2.65 bits per heavy atom. The molecule has 2 rings (SSSR count). The highest BCUT2D eigenvalue weighted by atomic mass is 16.5. The molecule has 1 aromatic rings. The Morgan fingerprint density at radius 2 is 2.05 bits per heavy atom. The highest BCUT2D eigenvalue weighted by molar-refractivity contribution is 5.31. The van der Waals surface area contributed by atoms with E-state index in [4.69, 9.17) is 14.7 Å². The van der Waals surface area contributed by atoms with E-state index >= 15 is 0 Å². The van der Waals surface area contributed by atoms with Gasteiger partial charge in [-0.3, -0.25) is 0 Å². The van der Waals surface area contributed by atoms with Crippen LogP contribution in [-0.4, -0.2) is 23.1 Å². The summed E-state index contributed by atoms with van der Waals surface area (Å²) in [5.74, 6) is 1.26. The molecule has 1 aromatic heterocycles. The van der Waals surface area contributed by atoms with Crippen molar-refractivity contribution >= 4 is 0 Å². The maximum Gasteiger partial charge on any atom is 0.160 e. The summed E-state index contributed by atoms with van der Waals surface area (Å²) in [7, 11) is 0. The predicted molar refractivity (Wildman–Crippen MR) is 80.8 cm³/mol. The van der Waals surface area contributed by atoms with E-state index in [0.717, 1.165) is 31.8 Å². The Kier molecular flexibility index (Phi) is 4.76. The third-order valence-electron chi connectivity index (χ3n) is 4.12. The van der Waals surface area contributed by atoms with Crippen molar-refractivity contribution < 1.29 is 4.74 Å². The van der Waals surface area contributed by atoms with Gasteiger partial charge in [-0.2, -0.15) is 0 Å². The summed E-state index contributed by atoms with van der Waals surface area (Å²) in [4.78, 5) is 9.71. The van der Waals surface area contributed by atoms with Crippen LogP contribution in [0.15, 0.2) is 0 Å². The van der Waals surface area contributed by atoms with E-state index in [2.05, 4.69) is 33.0 Å². The van der Waals surface area contributed by atoms with Crippen molar-refractivity contribution in [1.82, 2.24) is 15.3 Å². The van der Waals surface area contributed by atoms with Crippen LogP contribution in [-0.2, 0) is 23.3 Å². The van der Waals surface area contributed by atoms with E-state index in [-0.39, 0.29) is 5.60 Å². The normalized spacial score (nSPS) is 17.9. The lowest BCUT2D eigenvalue weighted by Crippen LogP contribution is -2.33. The molecule has 0 aromatic carbocycles. The molecule has 1 aliphatic heterocycles. The molecule has 0 radical (unpaired) electrons. The molecular formula is C16H27N3O.